The van der Waals surface area contributed by atoms with E-state index in [1.807, 2.05) is 0 Å². The van der Waals surface area contributed by atoms with E-state index < -0.39 is 0 Å². The van der Waals surface area contributed by atoms with Crippen LogP contribution in [0.4, 0.5) is 0 Å². The summed E-state index contributed by atoms with van der Waals surface area (Å²) in [5.74, 6) is 0.940. The highest BCUT2D eigenvalue weighted by atomic mass is 16.5. The molecule has 2 fully saturated rings. The normalized spacial score (nSPS) is 17.9. The van der Waals surface area contributed by atoms with E-state index in [-0.39, 0.29) is 30.4 Å². The van der Waals surface area contributed by atoms with Gasteiger partial charge in [-0.25, -0.2) is 0 Å². The molecule has 0 unspecified atom stereocenters. The summed E-state index contributed by atoms with van der Waals surface area (Å²) in [5, 5.41) is 3.12. The van der Waals surface area contributed by atoms with Gasteiger partial charge in [0, 0.05) is 17.6 Å². The van der Waals surface area contributed by atoms with Gasteiger partial charge in [-0.05, 0) is 43.9 Å². The molecule has 0 atom stereocenters. The van der Waals surface area contributed by atoms with Crippen molar-refractivity contribution in [2.24, 2.45) is 0 Å². The minimum atomic E-state index is -0.116. The number of nitrogens with one attached hydrogen (secondary N) is 1. The van der Waals surface area contributed by atoms with Crippen molar-refractivity contribution in [1.82, 2.24) is 10.2 Å². The highest BCUT2D eigenvalue weighted by Gasteiger charge is 2.29. The third kappa shape index (κ3) is 4.97. The van der Waals surface area contributed by atoms with Crippen LogP contribution in [0.25, 0.3) is 0 Å². The molecule has 0 aromatic heterocycles. The molecular formula is C22H32N2O4. The standard InChI is InChI=1S/C22H32N2O4/c1-27-19-13-12-16(14-20(19)28-2)22(26)24(18-10-4-3-5-11-18)15-21(25)23-17-8-6-7-9-17/h12-14,17-18H,3-11,15H2,1-2H3,(H,23,25). The molecule has 1 aromatic rings. The third-order valence-corrected chi connectivity index (χ3v) is 5.94. The smallest absolute Gasteiger partial charge is 0.254 e. The van der Waals surface area contributed by atoms with Crippen molar-refractivity contribution in [3.05, 3.63) is 23.8 Å². The van der Waals surface area contributed by atoms with Crippen LogP contribution in [0.2, 0.25) is 0 Å². The Hall–Kier alpha value is -2.24. The Labute approximate surface area is 167 Å². The maximum atomic E-state index is 13.3. The molecule has 6 nitrogen and oxygen atoms in total. The molecule has 0 bridgehead atoms. The van der Waals surface area contributed by atoms with Gasteiger partial charge in [0.25, 0.3) is 5.91 Å². The number of nitrogens with zero attached hydrogens (tertiary/aromatic N) is 1. The first-order valence-electron chi connectivity index (χ1n) is 10.4. The molecule has 0 aliphatic heterocycles. The first kappa shape index (κ1) is 20.5. The van der Waals surface area contributed by atoms with Gasteiger partial charge in [-0.1, -0.05) is 32.1 Å². The van der Waals surface area contributed by atoms with Gasteiger partial charge in [-0.15, -0.1) is 0 Å². The number of carbonyl (C=O) groups excluding carboxylic acids is 2. The highest BCUT2D eigenvalue weighted by molar-refractivity contribution is 5.97. The van der Waals surface area contributed by atoms with E-state index in [4.69, 9.17) is 9.47 Å². The van der Waals surface area contributed by atoms with Crippen molar-refractivity contribution >= 4 is 11.8 Å². The average molecular weight is 389 g/mol. The Balaban J connectivity index is 1.77. The van der Waals surface area contributed by atoms with Crippen LogP contribution >= 0.6 is 0 Å². The minimum Gasteiger partial charge on any atom is -0.493 e. The van der Waals surface area contributed by atoms with Gasteiger partial charge in [-0.3, -0.25) is 9.59 Å². The van der Waals surface area contributed by atoms with Crippen LogP contribution < -0.4 is 14.8 Å². The molecule has 0 heterocycles. The number of benzene rings is 1. The lowest BCUT2D eigenvalue weighted by Gasteiger charge is -2.34. The van der Waals surface area contributed by atoms with E-state index in [1.165, 1.54) is 19.3 Å². The van der Waals surface area contributed by atoms with Crippen molar-refractivity contribution in [1.29, 1.82) is 0 Å². The molecule has 0 spiro atoms. The van der Waals surface area contributed by atoms with Crippen LogP contribution in [0.3, 0.4) is 0 Å². The Morgan fingerprint density at radius 2 is 1.61 bits per heavy atom. The molecule has 0 saturated heterocycles. The summed E-state index contributed by atoms with van der Waals surface area (Å²) >= 11 is 0. The van der Waals surface area contributed by atoms with E-state index in [9.17, 15) is 9.59 Å². The minimum absolute atomic E-state index is 0.0497. The van der Waals surface area contributed by atoms with Gasteiger partial charge in [0.05, 0.1) is 14.2 Å². The maximum Gasteiger partial charge on any atom is 0.254 e. The number of ether oxygens (including phenoxy) is 2. The molecule has 28 heavy (non-hydrogen) atoms. The molecule has 2 saturated carbocycles. The lowest BCUT2D eigenvalue weighted by molar-refractivity contribution is -0.123. The molecule has 2 amide bonds. The number of methoxy groups -OCH3 is 2. The summed E-state index contributed by atoms with van der Waals surface area (Å²) in [7, 11) is 3.13. The van der Waals surface area contributed by atoms with Crippen molar-refractivity contribution in [2.45, 2.75) is 69.9 Å². The van der Waals surface area contributed by atoms with E-state index in [1.54, 1.807) is 37.3 Å². The van der Waals surface area contributed by atoms with Crippen LogP contribution in [0.1, 0.15) is 68.1 Å². The summed E-state index contributed by atoms with van der Waals surface area (Å²) in [6.07, 6.45) is 9.73. The Bertz CT molecular complexity index is 679. The number of amides is 2. The summed E-state index contributed by atoms with van der Waals surface area (Å²) < 4.78 is 10.6. The van der Waals surface area contributed by atoms with Crippen molar-refractivity contribution in [2.75, 3.05) is 20.8 Å². The maximum absolute atomic E-state index is 13.3. The molecule has 154 valence electrons. The van der Waals surface area contributed by atoms with Crippen molar-refractivity contribution in [3.8, 4) is 11.5 Å². The van der Waals surface area contributed by atoms with Crippen LogP contribution in [-0.4, -0.2) is 49.6 Å². The summed E-state index contributed by atoms with van der Waals surface area (Å²) in [6.45, 7) is 0.119. The Kier molecular flexibility index (Phi) is 7.18. The molecule has 2 aliphatic carbocycles. The van der Waals surface area contributed by atoms with Gasteiger partial charge < -0.3 is 19.7 Å². The third-order valence-electron chi connectivity index (χ3n) is 5.94. The molecule has 0 radical (unpaired) electrons. The number of rotatable bonds is 7. The van der Waals surface area contributed by atoms with Crippen LogP contribution in [0.5, 0.6) is 11.5 Å². The zero-order valence-corrected chi connectivity index (χ0v) is 17.0. The Morgan fingerprint density at radius 3 is 2.25 bits per heavy atom. The quantitative estimate of drug-likeness (QED) is 0.776. The van der Waals surface area contributed by atoms with Gasteiger partial charge >= 0.3 is 0 Å². The first-order valence-corrected chi connectivity index (χ1v) is 10.4. The Morgan fingerprint density at radius 1 is 0.964 bits per heavy atom. The number of hydrogen-bond acceptors (Lipinski definition) is 4. The van der Waals surface area contributed by atoms with Crippen LogP contribution in [0, 0.1) is 0 Å². The largest absolute Gasteiger partial charge is 0.493 e. The molecule has 1 N–H and O–H groups in total. The summed E-state index contributed by atoms with van der Waals surface area (Å²) in [5.41, 5.74) is 0.525. The second-order valence-electron chi connectivity index (χ2n) is 7.84. The van der Waals surface area contributed by atoms with Crippen LogP contribution in [0.15, 0.2) is 18.2 Å². The van der Waals surface area contributed by atoms with Crippen molar-refractivity contribution < 1.29 is 19.1 Å². The molecule has 6 heteroatoms. The SMILES string of the molecule is COc1ccc(C(=O)N(CC(=O)NC2CCCC2)C2CCCCC2)cc1OC. The van der Waals surface area contributed by atoms with E-state index in [0.29, 0.717) is 17.1 Å². The fourth-order valence-corrected chi connectivity index (χ4v) is 4.39. The summed E-state index contributed by atoms with van der Waals surface area (Å²) in [4.78, 5) is 27.8. The number of hydrogen-bond donors (Lipinski definition) is 1. The average Bonchev–Trinajstić information content (AvgIpc) is 3.24. The van der Waals surface area contributed by atoms with Gasteiger partial charge in [-0.2, -0.15) is 0 Å². The predicted molar refractivity (Wildman–Crippen MR) is 108 cm³/mol. The highest BCUT2D eigenvalue weighted by Crippen LogP contribution is 2.30. The van der Waals surface area contributed by atoms with Gasteiger partial charge in [0.15, 0.2) is 11.5 Å². The molecule has 1 aromatic carbocycles. The van der Waals surface area contributed by atoms with Gasteiger partial charge in [0.1, 0.15) is 6.54 Å². The lowest BCUT2D eigenvalue weighted by atomic mass is 9.93. The zero-order chi connectivity index (χ0) is 19.9. The molecule has 2 aliphatic rings. The number of carbonyl (C=O) groups is 2. The first-order chi connectivity index (χ1) is 13.6. The summed E-state index contributed by atoms with van der Waals surface area (Å²) in [6, 6.07) is 5.56. The molecule has 3 rings (SSSR count). The second-order valence-corrected chi connectivity index (χ2v) is 7.84. The van der Waals surface area contributed by atoms with E-state index in [0.717, 1.165) is 38.5 Å². The second kappa shape index (κ2) is 9.80. The van der Waals surface area contributed by atoms with Crippen LogP contribution in [-0.2, 0) is 4.79 Å². The predicted octanol–water partition coefficient (Wildman–Crippen LogP) is 3.54. The van der Waals surface area contributed by atoms with E-state index in [2.05, 4.69) is 5.32 Å². The zero-order valence-electron chi connectivity index (χ0n) is 17.0. The monoisotopic (exact) mass is 388 g/mol. The lowest BCUT2D eigenvalue weighted by Crippen LogP contribution is -2.48. The van der Waals surface area contributed by atoms with E-state index >= 15 is 0 Å². The topological polar surface area (TPSA) is 67.9 Å². The van der Waals surface area contributed by atoms with Crippen molar-refractivity contribution in [3.63, 3.8) is 0 Å². The molecular weight excluding hydrogens is 356 g/mol. The fraction of sp³-hybridized carbons (Fsp3) is 0.636. The van der Waals surface area contributed by atoms with Gasteiger partial charge in [0.2, 0.25) is 5.91 Å². The fourth-order valence-electron chi connectivity index (χ4n) is 4.39.